The smallest absolute Gasteiger partial charge is 0.138 e. The molecule has 1 rings (SSSR count). The lowest BCUT2D eigenvalue weighted by Gasteiger charge is -2.35. The second-order valence-corrected chi connectivity index (χ2v) is 4.10. The molecule has 0 atom stereocenters. The summed E-state index contributed by atoms with van der Waals surface area (Å²) in [6, 6.07) is 0. The Morgan fingerprint density at radius 3 is 2.38 bits per heavy atom. The van der Waals surface area contributed by atoms with E-state index in [-0.39, 0.29) is 18.3 Å². The molecule has 13 heavy (non-hydrogen) atoms. The van der Waals surface area contributed by atoms with Gasteiger partial charge in [-0.25, -0.2) is 0 Å². The Labute approximate surface area is 78.1 Å². The number of rotatable bonds is 3. The molecule has 76 valence electrons. The van der Waals surface area contributed by atoms with Gasteiger partial charge in [0.15, 0.2) is 0 Å². The summed E-state index contributed by atoms with van der Waals surface area (Å²) in [5, 5.41) is 8.89. The highest BCUT2D eigenvalue weighted by atomic mass is 19.1. The molecule has 0 saturated heterocycles. The van der Waals surface area contributed by atoms with E-state index in [4.69, 9.17) is 5.11 Å². The first-order chi connectivity index (χ1) is 6.14. The molecule has 0 spiro atoms. The number of hydrogen-bond acceptors (Lipinski definition) is 2. The van der Waals surface area contributed by atoms with Crippen LogP contribution in [0.4, 0.5) is 4.39 Å². The fourth-order valence-electron chi connectivity index (χ4n) is 1.99. The Balaban J connectivity index is 2.58. The molecule has 1 N–H and O–H groups in total. The third-order valence-electron chi connectivity index (χ3n) is 3.32. The minimum absolute atomic E-state index is 0.0358. The van der Waals surface area contributed by atoms with Crippen molar-refractivity contribution in [2.75, 3.05) is 13.3 Å². The number of alkyl halides is 1. The molecule has 1 saturated carbocycles. The molecule has 1 aliphatic rings. The molecule has 0 aromatic carbocycles. The number of aliphatic hydroxyl groups excluding tert-OH is 1. The topological polar surface area (TPSA) is 37.3 Å². The van der Waals surface area contributed by atoms with Crippen molar-refractivity contribution in [2.45, 2.75) is 32.6 Å². The van der Waals surface area contributed by atoms with Crippen molar-refractivity contribution in [3.63, 3.8) is 0 Å². The summed E-state index contributed by atoms with van der Waals surface area (Å²) in [5.74, 6) is 0.241. The molecule has 0 aromatic rings. The van der Waals surface area contributed by atoms with Crippen LogP contribution >= 0.6 is 0 Å². The lowest BCUT2D eigenvalue weighted by Crippen LogP contribution is -2.36. The van der Waals surface area contributed by atoms with Crippen molar-refractivity contribution in [3.8, 4) is 0 Å². The molecule has 1 aliphatic carbocycles. The first-order valence-electron chi connectivity index (χ1n) is 4.82. The summed E-state index contributed by atoms with van der Waals surface area (Å²) in [6.45, 7) is 1.10. The third-order valence-corrected chi connectivity index (χ3v) is 3.32. The molecule has 0 aliphatic heterocycles. The van der Waals surface area contributed by atoms with Crippen LogP contribution in [-0.2, 0) is 4.79 Å². The van der Waals surface area contributed by atoms with Crippen LogP contribution in [0.3, 0.4) is 0 Å². The van der Waals surface area contributed by atoms with Crippen molar-refractivity contribution in [1.29, 1.82) is 0 Å². The van der Waals surface area contributed by atoms with Crippen molar-refractivity contribution in [3.05, 3.63) is 0 Å². The molecular weight excluding hydrogens is 171 g/mol. The molecule has 3 heteroatoms. The summed E-state index contributed by atoms with van der Waals surface area (Å²) >= 11 is 0. The highest BCUT2D eigenvalue weighted by Crippen LogP contribution is 2.39. The van der Waals surface area contributed by atoms with E-state index in [2.05, 4.69) is 0 Å². The summed E-state index contributed by atoms with van der Waals surface area (Å²) in [5.41, 5.74) is -0.717. The molecule has 0 aromatic heterocycles. The van der Waals surface area contributed by atoms with E-state index in [0.717, 1.165) is 12.8 Å². The van der Waals surface area contributed by atoms with Crippen LogP contribution in [-0.4, -0.2) is 24.2 Å². The zero-order valence-corrected chi connectivity index (χ0v) is 8.05. The molecule has 0 bridgehead atoms. The van der Waals surface area contributed by atoms with Gasteiger partial charge in [0.1, 0.15) is 12.5 Å². The van der Waals surface area contributed by atoms with Gasteiger partial charge >= 0.3 is 0 Å². The minimum Gasteiger partial charge on any atom is -0.396 e. The number of carbonyl (C=O) groups is 1. The van der Waals surface area contributed by atoms with E-state index in [1.807, 2.05) is 0 Å². The number of ketones is 1. The highest BCUT2D eigenvalue weighted by molar-refractivity contribution is 5.82. The van der Waals surface area contributed by atoms with Gasteiger partial charge < -0.3 is 5.11 Å². The van der Waals surface area contributed by atoms with Gasteiger partial charge in [-0.3, -0.25) is 9.18 Å². The molecule has 0 radical (unpaired) electrons. The summed E-state index contributed by atoms with van der Waals surface area (Å²) in [6.07, 6.45) is 2.76. The van der Waals surface area contributed by atoms with Gasteiger partial charge in [0.25, 0.3) is 0 Å². The van der Waals surface area contributed by atoms with Crippen molar-refractivity contribution >= 4 is 5.78 Å². The van der Waals surface area contributed by atoms with E-state index in [9.17, 15) is 9.18 Å². The number of Topliss-reactive ketones (excluding diaryl/α,β-unsaturated/α-hetero) is 1. The van der Waals surface area contributed by atoms with Gasteiger partial charge in [0.05, 0.1) is 5.41 Å². The Morgan fingerprint density at radius 1 is 1.54 bits per heavy atom. The normalized spacial score (nSPS) is 34.5. The number of halogens is 1. The van der Waals surface area contributed by atoms with Crippen molar-refractivity contribution in [1.82, 2.24) is 0 Å². The summed E-state index contributed by atoms with van der Waals surface area (Å²) < 4.78 is 12.7. The predicted molar refractivity (Wildman–Crippen MR) is 48.1 cm³/mol. The molecule has 0 amide bonds. The van der Waals surface area contributed by atoms with Gasteiger partial charge in [-0.05, 0) is 38.5 Å². The molecule has 1 fully saturated rings. The summed E-state index contributed by atoms with van der Waals surface area (Å²) in [7, 11) is 0. The van der Waals surface area contributed by atoms with E-state index in [1.54, 1.807) is 0 Å². The van der Waals surface area contributed by atoms with Gasteiger partial charge in [-0.2, -0.15) is 0 Å². The van der Waals surface area contributed by atoms with E-state index >= 15 is 0 Å². The Hall–Kier alpha value is -0.440. The van der Waals surface area contributed by atoms with E-state index in [1.165, 1.54) is 6.92 Å². The van der Waals surface area contributed by atoms with Gasteiger partial charge in [-0.1, -0.05) is 0 Å². The maximum atomic E-state index is 12.7. The second-order valence-electron chi connectivity index (χ2n) is 4.10. The monoisotopic (exact) mass is 188 g/mol. The largest absolute Gasteiger partial charge is 0.396 e. The van der Waals surface area contributed by atoms with Gasteiger partial charge in [0, 0.05) is 6.61 Å². The van der Waals surface area contributed by atoms with Gasteiger partial charge in [0.2, 0.25) is 0 Å². The molecular formula is C10H17FO2. The van der Waals surface area contributed by atoms with Crippen LogP contribution in [0.15, 0.2) is 0 Å². The average molecular weight is 188 g/mol. The number of hydrogen-bond donors (Lipinski definition) is 1. The fourth-order valence-corrected chi connectivity index (χ4v) is 1.99. The third kappa shape index (κ3) is 2.08. The number of aliphatic hydroxyl groups is 1. The lowest BCUT2D eigenvalue weighted by molar-refractivity contribution is -0.130. The van der Waals surface area contributed by atoms with E-state index < -0.39 is 12.1 Å². The van der Waals surface area contributed by atoms with Crippen molar-refractivity contribution < 1.29 is 14.3 Å². The maximum absolute atomic E-state index is 12.7. The quantitative estimate of drug-likeness (QED) is 0.732. The van der Waals surface area contributed by atoms with Crippen LogP contribution in [0.2, 0.25) is 0 Å². The standard InChI is InChI=1S/C10H17FO2/c1-8(13)10(7-11)4-2-9(6-12)3-5-10/h9,12H,2-7H2,1H3/t9-,10-. The lowest BCUT2D eigenvalue weighted by atomic mass is 9.69. The molecule has 0 unspecified atom stereocenters. The Bertz CT molecular complexity index is 183. The second kappa shape index (κ2) is 4.18. The minimum atomic E-state index is -0.717. The van der Waals surface area contributed by atoms with Crippen LogP contribution in [0, 0.1) is 11.3 Å². The predicted octanol–water partition coefficient (Wildman–Crippen LogP) is 1.71. The molecule has 2 nitrogen and oxygen atoms in total. The van der Waals surface area contributed by atoms with Crippen molar-refractivity contribution in [2.24, 2.45) is 11.3 Å². The Kier molecular flexibility index (Phi) is 3.42. The Morgan fingerprint density at radius 2 is 2.08 bits per heavy atom. The van der Waals surface area contributed by atoms with Gasteiger partial charge in [-0.15, -0.1) is 0 Å². The fraction of sp³-hybridized carbons (Fsp3) is 0.900. The van der Waals surface area contributed by atoms with Crippen LogP contribution in [0.5, 0.6) is 0 Å². The highest BCUT2D eigenvalue weighted by Gasteiger charge is 2.39. The first-order valence-corrected chi connectivity index (χ1v) is 4.82. The van der Waals surface area contributed by atoms with Crippen LogP contribution < -0.4 is 0 Å². The molecule has 0 heterocycles. The zero-order valence-electron chi connectivity index (χ0n) is 8.05. The summed E-state index contributed by atoms with van der Waals surface area (Å²) in [4.78, 5) is 11.2. The van der Waals surface area contributed by atoms with Crippen LogP contribution in [0.1, 0.15) is 32.6 Å². The number of carbonyl (C=O) groups excluding carboxylic acids is 1. The zero-order chi connectivity index (χ0) is 9.90. The van der Waals surface area contributed by atoms with Crippen LogP contribution in [0.25, 0.3) is 0 Å². The first kappa shape index (κ1) is 10.6. The maximum Gasteiger partial charge on any atom is 0.138 e. The SMILES string of the molecule is CC(=O)[C@]1(CF)CC[C@@H](CO)CC1. The average Bonchev–Trinajstić information content (AvgIpc) is 2.17. The van der Waals surface area contributed by atoms with E-state index in [0.29, 0.717) is 12.8 Å².